The lowest BCUT2D eigenvalue weighted by Crippen LogP contribution is -1.86. The molecule has 0 saturated carbocycles. The zero-order valence-corrected chi connectivity index (χ0v) is 11.6. The van der Waals surface area contributed by atoms with Crippen LogP contribution in [-0.2, 0) is 0 Å². The molecular formula is C15H12ClN3O. The van der Waals surface area contributed by atoms with Crippen LogP contribution in [0.3, 0.4) is 0 Å². The molecule has 2 aromatic carbocycles. The second kappa shape index (κ2) is 4.98. The molecule has 20 heavy (non-hydrogen) atoms. The minimum absolute atomic E-state index is 0.460. The lowest BCUT2D eigenvalue weighted by atomic mass is 10.1. The third kappa shape index (κ3) is 2.38. The molecule has 0 aliphatic carbocycles. The maximum Gasteiger partial charge on any atom is 0.258 e. The van der Waals surface area contributed by atoms with Gasteiger partial charge >= 0.3 is 0 Å². The number of hydrogen-bond acceptors (Lipinski definition) is 4. The van der Waals surface area contributed by atoms with Gasteiger partial charge in [-0.25, -0.2) is 0 Å². The Morgan fingerprint density at radius 3 is 2.70 bits per heavy atom. The summed E-state index contributed by atoms with van der Waals surface area (Å²) in [7, 11) is 0. The third-order valence-electron chi connectivity index (χ3n) is 2.98. The molecule has 0 fully saturated rings. The number of benzene rings is 2. The molecule has 0 atom stereocenters. The number of aryl methyl sites for hydroxylation is 1. The van der Waals surface area contributed by atoms with Crippen molar-refractivity contribution >= 4 is 17.3 Å². The fourth-order valence-electron chi connectivity index (χ4n) is 1.91. The Morgan fingerprint density at radius 1 is 1.10 bits per heavy atom. The van der Waals surface area contributed by atoms with Crippen molar-refractivity contribution in [2.24, 2.45) is 0 Å². The Hall–Kier alpha value is -2.33. The minimum atomic E-state index is 0.460. The summed E-state index contributed by atoms with van der Waals surface area (Å²) < 4.78 is 5.29. The van der Waals surface area contributed by atoms with Gasteiger partial charge in [-0.15, -0.1) is 0 Å². The summed E-state index contributed by atoms with van der Waals surface area (Å²) in [6.45, 7) is 1.93. The van der Waals surface area contributed by atoms with Crippen molar-refractivity contribution in [3.8, 4) is 22.8 Å². The average molecular weight is 286 g/mol. The highest BCUT2D eigenvalue weighted by molar-refractivity contribution is 6.31. The molecular weight excluding hydrogens is 274 g/mol. The van der Waals surface area contributed by atoms with E-state index in [-0.39, 0.29) is 0 Å². The number of nitrogens with zero attached hydrogens (tertiary/aromatic N) is 2. The van der Waals surface area contributed by atoms with Crippen LogP contribution in [0.5, 0.6) is 0 Å². The van der Waals surface area contributed by atoms with E-state index in [1.807, 2.05) is 49.4 Å². The van der Waals surface area contributed by atoms with Crippen LogP contribution in [0.1, 0.15) is 5.56 Å². The zero-order valence-electron chi connectivity index (χ0n) is 10.8. The molecule has 1 aromatic heterocycles. The Labute approximate surface area is 121 Å². The Bertz CT molecular complexity index is 767. The van der Waals surface area contributed by atoms with E-state index in [4.69, 9.17) is 21.9 Å². The molecule has 4 nitrogen and oxygen atoms in total. The van der Waals surface area contributed by atoms with Gasteiger partial charge < -0.3 is 10.3 Å². The van der Waals surface area contributed by atoms with Crippen LogP contribution in [0, 0.1) is 6.92 Å². The van der Waals surface area contributed by atoms with Gasteiger partial charge in [-0.3, -0.25) is 0 Å². The number of halogens is 1. The molecule has 0 bridgehead atoms. The van der Waals surface area contributed by atoms with Crippen LogP contribution in [0.15, 0.2) is 47.0 Å². The molecule has 100 valence electrons. The Balaban J connectivity index is 1.99. The molecule has 1 heterocycles. The number of hydrogen-bond donors (Lipinski definition) is 1. The number of rotatable bonds is 2. The Kier molecular flexibility index (Phi) is 3.16. The van der Waals surface area contributed by atoms with Crippen molar-refractivity contribution in [1.82, 2.24) is 10.1 Å². The summed E-state index contributed by atoms with van der Waals surface area (Å²) in [5, 5.41) is 4.69. The van der Waals surface area contributed by atoms with Gasteiger partial charge in [0, 0.05) is 21.8 Å². The van der Waals surface area contributed by atoms with Crippen molar-refractivity contribution in [2.45, 2.75) is 6.92 Å². The molecule has 0 radical (unpaired) electrons. The molecule has 0 spiro atoms. The molecule has 5 heteroatoms. The quantitative estimate of drug-likeness (QED) is 0.724. The zero-order chi connectivity index (χ0) is 14.1. The predicted molar refractivity (Wildman–Crippen MR) is 79.3 cm³/mol. The smallest absolute Gasteiger partial charge is 0.258 e. The van der Waals surface area contributed by atoms with Crippen molar-refractivity contribution in [2.75, 3.05) is 5.73 Å². The van der Waals surface area contributed by atoms with Crippen molar-refractivity contribution in [3.63, 3.8) is 0 Å². The van der Waals surface area contributed by atoms with Crippen LogP contribution in [-0.4, -0.2) is 10.1 Å². The van der Waals surface area contributed by atoms with E-state index >= 15 is 0 Å². The van der Waals surface area contributed by atoms with Crippen LogP contribution < -0.4 is 5.73 Å². The fraction of sp³-hybridized carbons (Fsp3) is 0.0667. The van der Waals surface area contributed by atoms with Gasteiger partial charge in [0.05, 0.1) is 0 Å². The summed E-state index contributed by atoms with van der Waals surface area (Å²) in [5.74, 6) is 0.974. The largest absolute Gasteiger partial charge is 0.399 e. The molecule has 0 saturated heterocycles. The Morgan fingerprint density at radius 2 is 1.95 bits per heavy atom. The van der Waals surface area contributed by atoms with E-state index < -0.39 is 0 Å². The standard InChI is InChI=1S/C15H12ClN3O/c1-9-7-11(5-6-13(9)16)15-18-14(19-20-15)10-3-2-4-12(17)8-10/h2-8H,17H2,1H3. The van der Waals surface area contributed by atoms with Gasteiger partial charge in [0.1, 0.15) is 0 Å². The third-order valence-corrected chi connectivity index (χ3v) is 3.40. The first-order chi connectivity index (χ1) is 9.63. The predicted octanol–water partition coefficient (Wildman–Crippen LogP) is 3.95. The van der Waals surface area contributed by atoms with Crippen LogP contribution in [0.2, 0.25) is 5.02 Å². The normalized spacial score (nSPS) is 10.7. The number of nitrogen functional groups attached to an aromatic ring is 1. The van der Waals surface area contributed by atoms with Gasteiger partial charge in [-0.05, 0) is 42.8 Å². The molecule has 2 N–H and O–H groups in total. The molecule has 0 amide bonds. The van der Waals surface area contributed by atoms with Crippen molar-refractivity contribution < 1.29 is 4.52 Å². The van der Waals surface area contributed by atoms with E-state index in [1.54, 1.807) is 0 Å². The van der Waals surface area contributed by atoms with E-state index in [1.165, 1.54) is 0 Å². The van der Waals surface area contributed by atoms with E-state index in [0.717, 1.165) is 16.7 Å². The lowest BCUT2D eigenvalue weighted by molar-refractivity contribution is 0.432. The monoisotopic (exact) mass is 285 g/mol. The fourth-order valence-corrected chi connectivity index (χ4v) is 2.03. The van der Waals surface area contributed by atoms with Gasteiger partial charge in [0.25, 0.3) is 5.89 Å². The summed E-state index contributed by atoms with van der Waals surface area (Å²) in [5.41, 5.74) is 9.05. The first-order valence-corrected chi connectivity index (χ1v) is 6.47. The second-order valence-corrected chi connectivity index (χ2v) is 4.92. The molecule has 0 aliphatic heterocycles. The van der Waals surface area contributed by atoms with Gasteiger partial charge in [0.2, 0.25) is 5.82 Å². The lowest BCUT2D eigenvalue weighted by Gasteiger charge is -1.99. The van der Waals surface area contributed by atoms with Gasteiger partial charge in [-0.1, -0.05) is 28.9 Å². The first-order valence-electron chi connectivity index (χ1n) is 6.09. The van der Waals surface area contributed by atoms with Gasteiger partial charge in [0.15, 0.2) is 0 Å². The van der Waals surface area contributed by atoms with E-state index in [9.17, 15) is 0 Å². The summed E-state index contributed by atoms with van der Waals surface area (Å²) in [6.07, 6.45) is 0. The van der Waals surface area contributed by atoms with Crippen LogP contribution >= 0.6 is 11.6 Å². The molecule has 0 aliphatic rings. The minimum Gasteiger partial charge on any atom is -0.399 e. The van der Waals surface area contributed by atoms with Crippen molar-refractivity contribution in [1.29, 1.82) is 0 Å². The number of aromatic nitrogens is 2. The molecule has 3 aromatic rings. The number of nitrogens with two attached hydrogens (primary N) is 1. The maximum absolute atomic E-state index is 6.01. The highest BCUT2D eigenvalue weighted by Gasteiger charge is 2.11. The van der Waals surface area contributed by atoms with Crippen LogP contribution in [0.4, 0.5) is 5.69 Å². The van der Waals surface area contributed by atoms with Crippen molar-refractivity contribution in [3.05, 3.63) is 53.1 Å². The van der Waals surface area contributed by atoms with Gasteiger partial charge in [-0.2, -0.15) is 4.98 Å². The SMILES string of the molecule is Cc1cc(-c2nc(-c3cccc(N)c3)no2)ccc1Cl. The molecule has 3 rings (SSSR count). The highest BCUT2D eigenvalue weighted by Crippen LogP contribution is 2.26. The maximum atomic E-state index is 6.01. The average Bonchev–Trinajstić information content (AvgIpc) is 2.92. The van der Waals surface area contributed by atoms with E-state index in [0.29, 0.717) is 22.4 Å². The summed E-state index contributed by atoms with van der Waals surface area (Å²) in [6, 6.07) is 12.9. The summed E-state index contributed by atoms with van der Waals surface area (Å²) in [4.78, 5) is 4.39. The van der Waals surface area contributed by atoms with E-state index in [2.05, 4.69) is 10.1 Å². The number of anilines is 1. The topological polar surface area (TPSA) is 64.9 Å². The summed E-state index contributed by atoms with van der Waals surface area (Å²) >= 11 is 6.01. The second-order valence-electron chi connectivity index (χ2n) is 4.51. The van der Waals surface area contributed by atoms with Crippen LogP contribution in [0.25, 0.3) is 22.8 Å². The first kappa shape index (κ1) is 12.7. The highest BCUT2D eigenvalue weighted by atomic mass is 35.5. The molecule has 0 unspecified atom stereocenters.